The van der Waals surface area contributed by atoms with Crippen LogP contribution in [0.3, 0.4) is 0 Å². The van der Waals surface area contributed by atoms with Crippen LogP contribution < -0.4 is 4.90 Å². The Morgan fingerprint density at radius 3 is 1.97 bits per heavy atom. The molecule has 174 valence electrons. The summed E-state index contributed by atoms with van der Waals surface area (Å²) in [5.41, 5.74) is -1.09. The molecule has 0 aromatic heterocycles. The number of rotatable bonds is 2. The normalized spacial score (nSPS) is 24.4. The van der Waals surface area contributed by atoms with Gasteiger partial charge in [-0.3, -0.25) is 19.2 Å². The second-order valence-electron chi connectivity index (χ2n) is 8.64. The molecule has 0 N–H and O–H groups in total. The lowest BCUT2D eigenvalue weighted by molar-refractivity contribution is -0.127. The summed E-state index contributed by atoms with van der Waals surface area (Å²) in [4.78, 5) is 56.0. The number of nitrogens with zero attached hydrogens (tertiary/aromatic N) is 1. The molecule has 1 spiro atoms. The van der Waals surface area contributed by atoms with E-state index in [1.807, 2.05) is 0 Å². The van der Waals surface area contributed by atoms with Gasteiger partial charge in [0.2, 0.25) is 29.0 Å². The quantitative estimate of drug-likeness (QED) is 0.333. The van der Waals surface area contributed by atoms with Gasteiger partial charge in [0.15, 0.2) is 0 Å². The van der Waals surface area contributed by atoms with Crippen molar-refractivity contribution in [1.82, 2.24) is 0 Å². The molecule has 3 aliphatic rings. The van der Waals surface area contributed by atoms with E-state index >= 15 is 0 Å². The number of benzene rings is 3. The highest BCUT2D eigenvalue weighted by Gasteiger charge is 2.74. The van der Waals surface area contributed by atoms with E-state index in [0.29, 0.717) is 10.6 Å². The van der Waals surface area contributed by atoms with Gasteiger partial charge in [-0.05, 0) is 35.9 Å². The summed E-state index contributed by atoms with van der Waals surface area (Å²) in [6.45, 7) is 0. The number of ketones is 2. The maximum Gasteiger partial charge on any atom is 0.241 e. The summed E-state index contributed by atoms with van der Waals surface area (Å²) in [5, 5.41) is 0.873. The van der Waals surface area contributed by atoms with Crippen molar-refractivity contribution in [3.63, 3.8) is 0 Å². The van der Waals surface area contributed by atoms with Crippen molar-refractivity contribution in [3.05, 3.63) is 98.5 Å². The van der Waals surface area contributed by atoms with Crippen molar-refractivity contribution in [1.29, 1.82) is 0 Å². The second-order valence-corrected chi connectivity index (χ2v) is 9.89. The fourth-order valence-electron chi connectivity index (χ4n) is 5.35. The number of imide groups is 1. The first-order valence-corrected chi connectivity index (χ1v) is 11.8. The number of fused-ring (bicyclic) bond motifs is 3. The first-order chi connectivity index (χ1) is 16.8. The van der Waals surface area contributed by atoms with Gasteiger partial charge in [-0.1, -0.05) is 71.2 Å². The van der Waals surface area contributed by atoms with E-state index in [4.69, 9.17) is 39.5 Å². The second kappa shape index (κ2) is 7.73. The molecule has 0 radical (unpaired) electrons. The van der Waals surface area contributed by atoms with Gasteiger partial charge in [0.25, 0.3) is 0 Å². The molecule has 3 atom stereocenters. The molecule has 6 rings (SSSR count). The molecular formula is C26H14Cl3NO5. The standard InChI is InChI=1S/C26H14Cl3NO5/c27-13-7-5-12(6-8-13)21-19-20(25(34)30(24(19)33)14-9-10-17(28)18(29)11-14)26(35-21)22(31)15-3-1-2-4-16(15)23(26)32/h1-11,19-21H/t19-,20+,21+/m0/s1. The minimum absolute atomic E-state index is 0.155. The molecule has 0 bridgehead atoms. The van der Waals surface area contributed by atoms with E-state index in [1.54, 1.807) is 36.4 Å². The van der Waals surface area contributed by atoms with Crippen molar-refractivity contribution in [2.24, 2.45) is 11.8 Å². The molecule has 0 unspecified atom stereocenters. The Bertz CT molecular complexity index is 1430. The predicted octanol–water partition coefficient (Wildman–Crippen LogP) is 5.34. The number of anilines is 1. The van der Waals surface area contributed by atoms with Gasteiger partial charge in [-0.2, -0.15) is 0 Å². The zero-order valence-electron chi connectivity index (χ0n) is 17.7. The van der Waals surface area contributed by atoms with Gasteiger partial charge in [0.05, 0.1) is 33.7 Å². The molecule has 9 heteroatoms. The van der Waals surface area contributed by atoms with E-state index in [9.17, 15) is 19.2 Å². The lowest BCUT2D eigenvalue weighted by Gasteiger charge is -2.27. The Balaban J connectivity index is 1.54. The van der Waals surface area contributed by atoms with Gasteiger partial charge >= 0.3 is 0 Å². The third kappa shape index (κ3) is 2.94. The van der Waals surface area contributed by atoms with Crippen molar-refractivity contribution >= 4 is 63.9 Å². The zero-order chi connectivity index (χ0) is 24.6. The first kappa shape index (κ1) is 22.4. The Morgan fingerprint density at radius 1 is 0.743 bits per heavy atom. The number of Topliss-reactive ketones (excluding diaryl/α,β-unsaturated/α-hetero) is 2. The average Bonchev–Trinajstić information content (AvgIpc) is 3.41. The van der Waals surface area contributed by atoms with Crippen molar-refractivity contribution in [3.8, 4) is 0 Å². The minimum Gasteiger partial charge on any atom is -0.349 e. The molecule has 3 aromatic carbocycles. The number of hydrogen-bond acceptors (Lipinski definition) is 5. The molecule has 2 aliphatic heterocycles. The van der Waals surface area contributed by atoms with E-state index in [0.717, 1.165) is 4.90 Å². The van der Waals surface area contributed by atoms with E-state index in [1.165, 1.54) is 30.3 Å². The van der Waals surface area contributed by atoms with E-state index in [-0.39, 0.29) is 26.9 Å². The lowest BCUT2D eigenvalue weighted by atomic mass is 9.77. The highest BCUT2D eigenvalue weighted by molar-refractivity contribution is 6.42. The van der Waals surface area contributed by atoms with Gasteiger partial charge < -0.3 is 4.74 Å². The largest absolute Gasteiger partial charge is 0.349 e. The molecule has 2 heterocycles. The Kier molecular flexibility index (Phi) is 4.96. The number of halogens is 3. The van der Waals surface area contributed by atoms with Crippen LogP contribution in [0, 0.1) is 11.8 Å². The number of ether oxygens (including phenoxy) is 1. The van der Waals surface area contributed by atoms with E-state index < -0.39 is 46.9 Å². The smallest absolute Gasteiger partial charge is 0.241 e. The highest BCUT2D eigenvalue weighted by Crippen LogP contribution is 2.57. The molecule has 3 aromatic rings. The van der Waals surface area contributed by atoms with Crippen molar-refractivity contribution in [2.75, 3.05) is 4.90 Å². The number of carbonyl (C=O) groups excluding carboxylic acids is 4. The molecular weight excluding hydrogens is 513 g/mol. The first-order valence-electron chi connectivity index (χ1n) is 10.7. The maximum absolute atomic E-state index is 13.9. The number of amides is 2. The van der Waals surface area contributed by atoms with Crippen LogP contribution in [0.1, 0.15) is 32.4 Å². The van der Waals surface area contributed by atoms with Gasteiger partial charge in [-0.25, -0.2) is 4.90 Å². The van der Waals surface area contributed by atoms with Gasteiger partial charge in [-0.15, -0.1) is 0 Å². The molecule has 2 amide bonds. The van der Waals surface area contributed by atoms with E-state index in [2.05, 4.69) is 0 Å². The van der Waals surface area contributed by atoms with Crippen LogP contribution in [0.2, 0.25) is 15.1 Å². The summed E-state index contributed by atoms with van der Waals surface area (Å²) in [6.07, 6.45) is -1.02. The fourth-order valence-corrected chi connectivity index (χ4v) is 5.77. The zero-order valence-corrected chi connectivity index (χ0v) is 20.0. The predicted molar refractivity (Wildman–Crippen MR) is 129 cm³/mol. The van der Waals surface area contributed by atoms with Crippen LogP contribution in [0.4, 0.5) is 5.69 Å². The number of hydrogen-bond donors (Lipinski definition) is 0. The Labute approximate surface area is 214 Å². The summed E-state index contributed by atoms with van der Waals surface area (Å²) >= 11 is 18.2. The van der Waals surface area contributed by atoms with Crippen LogP contribution >= 0.6 is 34.8 Å². The van der Waals surface area contributed by atoms with Gasteiger partial charge in [0, 0.05) is 16.1 Å². The molecule has 2 saturated heterocycles. The summed E-state index contributed by atoms with van der Waals surface area (Å²) in [5.74, 6) is -5.00. The highest BCUT2D eigenvalue weighted by atomic mass is 35.5. The van der Waals surface area contributed by atoms with Crippen LogP contribution in [0.5, 0.6) is 0 Å². The maximum atomic E-state index is 13.9. The van der Waals surface area contributed by atoms with Crippen LogP contribution in [0.15, 0.2) is 66.7 Å². The lowest BCUT2D eigenvalue weighted by Crippen LogP contribution is -2.51. The summed E-state index contributed by atoms with van der Waals surface area (Å²) in [7, 11) is 0. The fraction of sp³-hybridized carbons (Fsp3) is 0.154. The SMILES string of the molecule is O=C1[C@@H]2[C@@H](c3ccc(Cl)cc3)OC3(C(=O)c4ccccc4C3=O)[C@H]2C(=O)N1c1ccc(Cl)c(Cl)c1. The Morgan fingerprint density at radius 2 is 1.37 bits per heavy atom. The molecule has 35 heavy (non-hydrogen) atoms. The average molecular weight is 527 g/mol. The van der Waals surface area contributed by atoms with Crippen LogP contribution in [-0.4, -0.2) is 29.0 Å². The summed E-state index contributed by atoms with van der Waals surface area (Å²) in [6, 6.07) is 17.2. The minimum atomic E-state index is -2.14. The summed E-state index contributed by atoms with van der Waals surface area (Å²) < 4.78 is 6.22. The van der Waals surface area contributed by atoms with Crippen LogP contribution in [0.25, 0.3) is 0 Å². The van der Waals surface area contributed by atoms with Crippen molar-refractivity contribution in [2.45, 2.75) is 11.7 Å². The molecule has 6 nitrogen and oxygen atoms in total. The topological polar surface area (TPSA) is 80.8 Å². The van der Waals surface area contributed by atoms with Crippen LogP contribution in [-0.2, 0) is 14.3 Å². The molecule has 0 saturated carbocycles. The Hall–Kier alpha value is -3.03. The van der Waals surface area contributed by atoms with Crippen molar-refractivity contribution < 1.29 is 23.9 Å². The molecule has 1 aliphatic carbocycles. The number of carbonyl (C=O) groups is 4. The van der Waals surface area contributed by atoms with Gasteiger partial charge in [0.1, 0.15) is 0 Å². The molecule has 2 fully saturated rings. The monoisotopic (exact) mass is 525 g/mol. The third-order valence-corrected chi connectivity index (χ3v) is 7.87. The third-order valence-electron chi connectivity index (χ3n) is 6.88.